The third kappa shape index (κ3) is 6.82. The Balaban J connectivity index is 1.89. The predicted octanol–water partition coefficient (Wildman–Crippen LogP) is 2.27. The number of carbonyl (C=O) groups is 3. The van der Waals surface area contributed by atoms with E-state index in [0.717, 1.165) is 10.6 Å². The number of aliphatic imine (C=N–C) groups is 1. The van der Waals surface area contributed by atoms with Crippen molar-refractivity contribution in [3.8, 4) is 11.5 Å². The largest absolute Gasteiger partial charge is 0.434 e. The minimum Gasteiger partial charge on any atom is -0.425 e. The number of ether oxygens (including phenoxy) is 2. The molecule has 1 atom stereocenters. The Hall–Kier alpha value is -4.86. The molecule has 0 fully saturated rings. The summed E-state index contributed by atoms with van der Waals surface area (Å²) in [6, 6.07) is 22.1. The highest BCUT2D eigenvalue weighted by atomic mass is 16.6. The maximum Gasteiger partial charge on any atom is 0.434 e. The molecule has 0 spiro atoms. The number of carbonyl (C=O) groups excluding carboxylic acids is 3. The van der Waals surface area contributed by atoms with E-state index in [1.165, 1.54) is 12.1 Å². The SMILES string of the molecule is NC(N)=Nc1cccc(OC(=O)[C@H](Cc2ccccc2)N(NC=O)C(=O)Oc2ccccc2)c1. The molecule has 0 saturated heterocycles. The van der Waals surface area contributed by atoms with E-state index in [1.807, 2.05) is 6.07 Å². The molecule has 0 aliphatic rings. The molecular weight excluding hydrogens is 438 g/mol. The van der Waals surface area contributed by atoms with E-state index in [9.17, 15) is 14.4 Å². The third-order valence-corrected chi connectivity index (χ3v) is 4.49. The molecule has 0 bridgehead atoms. The number of esters is 1. The lowest BCUT2D eigenvalue weighted by Crippen LogP contribution is -2.55. The maximum atomic E-state index is 13.2. The summed E-state index contributed by atoms with van der Waals surface area (Å²) < 4.78 is 10.8. The number of hydrazine groups is 1. The molecule has 3 rings (SSSR count). The lowest BCUT2D eigenvalue weighted by Gasteiger charge is -2.28. The summed E-state index contributed by atoms with van der Waals surface area (Å²) in [7, 11) is 0. The van der Waals surface area contributed by atoms with Crippen LogP contribution in [0.25, 0.3) is 0 Å². The Bertz CT molecular complexity index is 1150. The molecule has 10 heteroatoms. The van der Waals surface area contributed by atoms with Gasteiger partial charge in [0.25, 0.3) is 0 Å². The molecule has 0 aliphatic heterocycles. The second-order valence-electron chi connectivity index (χ2n) is 6.96. The molecule has 0 saturated carbocycles. The molecule has 0 heterocycles. The van der Waals surface area contributed by atoms with Gasteiger partial charge in [-0.1, -0.05) is 54.6 Å². The van der Waals surface area contributed by atoms with E-state index < -0.39 is 18.1 Å². The molecule has 34 heavy (non-hydrogen) atoms. The van der Waals surface area contributed by atoms with Crippen molar-refractivity contribution in [3.05, 3.63) is 90.5 Å². The first kappa shape index (κ1) is 23.8. The van der Waals surface area contributed by atoms with Gasteiger partial charge in [0.05, 0.1) is 5.69 Å². The smallest absolute Gasteiger partial charge is 0.425 e. The number of hydrogen-bond donors (Lipinski definition) is 3. The number of guanidine groups is 1. The van der Waals surface area contributed by atoms with Gasteiger partial charge in [0, 0.05) is 12.5 Å². The van der Waals surface area contributed by atoms with Crippen molar-refractivity contribution in [1.29, 1.82) is 0 Å². The van der Waals surface area contributed by atoms with Crippen LogP contribution >= 0.6 is 0 Å². The molecule has 0 aromatic heterocycles. The maximum absolute atomic E-state index is 13.2. The highest BCUT2D eigenvalue weighted by Gasteiger charge is 2.33. The van der Waals surface area contributed by atoms with Gasteiger partial charge in [-0.05, 0) is 29.8 Å². The number of nitrogens with one attached hydrogen (secondary N) is 1. The van der Waals surface area contributed by atoms with Crippen molar-refractivity contribution in [2.75, 3.05) is 0 Å². The first-order valence-corrected chi connectivity index (χ1v) is 10.2. The van der Waals surface area contributed by atoms with Crippen LogP contribution < -0.4 is 26.4 Å². The summed E-state index contributed by atoms with van der Waals surface area (Å²) in [4.78, 5) is 41.3. The van der Waals surface area contributed by atoms with Gasteiger partial charge >= 0.3 is 12.1 Å². The first-order chi connectivity index (χ1) is 16.5. The van der Waals surface area contributed by atoms with Crippen LogP contribution in [-0.4, -0.2) is 35.5 Å². The number of nitrogens with two attached hydrogens (primary N) is 2. The van der Waals surface area contributed by atoms with Gasteiger partial charge in [-0.2, -0.15) is 0 Å². The summed E-state index contributed by atoms with van der Waals surface area (Å²) in [5.41, 5.74) is 14.1. The second kappa shape index (κ2) is 11.7. The number of amides is 2. The molecule has 2 amide bonds. The molecule has 0 aliphatic carbocycles. The van der Waals surface area contributed by atoms with Crippen LogP contribution in [0.2, 0.25) is 0 Å². The molecule has 5 N–H and O–H groups in total. The van der Waals surface area contributed by atoms with Gasteiger partial charge < -0.3 is 20.9 Å². The second-order valence-corrected chi connectivity index (χ2v) is 6.96. The average Bonchev–Trinajstić information content (AvgIpc) is 2.82. The summed E-state index contributed by atoms with van der Waals surface area (Å²) in [6.07, 6.45) is -0.653. The topological polar surface area (TPSA) is 149 Å². The van der Waals surface area contributed by atoms with Crippen LogP contribution in [0.15, 0.2) is 89.9 Å². The quantitative estimate of drug-likeness (QED) is 0.110. The van der Waals surface area contributed by atoms with Gasteiger partial charge in [0.2, 0.25) is 6.41 Å². The summed E-state index contributed by atoms with van der Waals surface area (Å²) in [5.74, 6) is -0.587. The van der Waals surface area contributed by atoms with Crippen molar-refractivity contribution in [3.63, 3.8) is 0 Å². The van der Waals surface area contributed by atoms with Gasteiger partial charge in [0.15, 0.2) is 12.0 Å². The predicted molar refractivity (Wildman–Crippen MR) is 125 cm³/mol. The molecule has 0 radical (unpaired) electrons. The van der Waals surface area contributed by atoms with Gasteiger partial charge in [-0.3, -0.25) is 10.2 Å². The van der Waals surface area contributed by atoms with Crippen molar-refractivity contribution in [1.82, 2.24) is 10.4 Å². The van der Waals surface area contributed by atoms with Crippen LogP contribution in [-0.2, 0) is 16.0 Å². The van der Waals surface area contributed by atoms with E-state index in [1.54, 1.807) is 66.7 Å². The minimum atomic E-state index is -1.25. The fourth-order valence-electron chi connectivity index (χ4n) is 3.03. The summed E-state index contributed by atoms with van der Waals surface area (Å²) in [5, 5.41) is 0.787. The number of para-hydroxylation sites is 1. The molecular formula is C24H23N5O5. The van der Waals surface area contributed by atoms with E-state index in [2.05, 4.69) is 10.4 Å². The van der Waals surface area contributed by atoms with E-state index in [4.69, 9.17) is 20.9 Å². The molecule has 10 nitrogen and oxygen atoms in total. The van der Waals surface area contributed by atoms with Crippen LogP contribution in [0, 0.1) is 0 Å². The Kier molecular flexibility index (Phi) is 8.17. The van der Waals surface area contributed by atoms with Crippen LogP contribution in [0.3, 0.4) is 0 Å². The van der Waals surface area contributed by atoms with Crippen molar-refractivity contribution >= 4 is 30.1 Å². The zero-order valence-electron chi connectivity index (χ0n) is 18.0. The Morgan fingerprint density at radius 3 is 2.21 bits per heavy atom. The van der Waals surface area contributed by atoms with Crippen molar-refractivity contribution in [2.24, 2.45) is 16.5 Å². The average molecular weight is 461 g/mol. The number of hydrogen-bond acceptors (Lipinski definition) is 6. The molecule has 3 aromatic rings. The first-order valence-electron chi connectivity index (χ1n) is 10.2. The monoisotopic (exact) mass is 461 g/mol. The number of rotatable bonds is 9. The Morgan fingerprint density at radius 1 is 0.912 bits per heavy atom. The van der Waals surface area contributed by atoms with E-state index in [0.29, 0.717) is 5.69 Å². The lowest BCUT2D eigenvalue weighted by atomic mass is 10.1. The lowest BCUT2D eigenvalue weighted by molar-refractivity contribution is -0.141. The van der Waals surface area contributed by atoms with Crippen LogP contribution in [0.4, 0.5) is 10.5 Å². The Labute approximate surface area is 195 Å². The zero-order valence-corrected chi connectivity index (χ0v) is 18.0. The molecule has 0 unspecified atom stereocenters. The zero-order chi connectivity index (χ0) is 24.3. The summed E-state index contributed by atoms with van der Waals surface area (Å²) >= 11 is 0. The fourth-order valence-corrected chi connectivity index (χ4v) is 3.03. The number of nitrogens with zero attached hydrogens (tertiary/aromatic N) is 2. The van der Waals surface area contributed by atoms with Gasteiger partial charge in [0.1, 0.15) is 11.5 Å². The van der Waals surface area contributed by atoms with Crippen molar-refractivity contribution in [2.45, 2.75) is 12.5 Å². The van der Waals surface area contributed by atoms with Crippen LogP contribution in [0.5, 0.6) is 11.5 Å². The third-order valence-electron chi connectivity index (χ3n) is 4.49. The fraction of sp³-hybridized carbons (Fsp3) is 0.0833. The highest BCUT2D eigenvalue weighted by molar-refractivity contribution is 5.85. The summed E-state index contributed by atoms with van der Waals surface area (Å²) in [6.45, 7) is 0. The molecule has 174 valence electrons. The van der Waals surface area contributed by atoms with Crippen LogP contribution in [0.1, 0.15) is 5.56 Å². The van der Waals surface area contributed by atoms with E-state index in [-0.39, 0.29) is 30.3 Å². The van der Waals surface area contributed by atoms with Crippen molar-refractivity contribution < 1.29 is 23.9 Å². The normalized spacial score (nSPS) is 10.9. The number of benzene rings is 3. The van der Waals surface area contributed by atoms with Gasteiger partial charge in [-0.15, -0.1) is 0 Å². The standard InChI is InChI=1S/C24H23N5O5/c25-23(26)28-18-10-7-13-20(15-18)33-22(31)21(14-17-8-3-1-4-9-17)29(27-16-30)24(32)34-19-11-5-2-6-12-19/h1-13,15-16,21H,14H2,(H,27,30)(H4,25,26,28)/t21-/m0/s1. The van der Waals surface area contributed by atoms with Gasteiger partial charge in [-0.25, -0.2) is 19.6 Å². The molecule has 3 aromatic carbocycles. The van der Waals surface area contributed by atoms with E-state index >= 15 is 0 Å². The highest BCUT2D eigenvalue weighted by Crippen LogP contribution is 2.21. The Morgan fingerprint density at radius 2 is 1.56 bits per heavy atom. The minimum absolute atomic E-state index is 0.0397.